The predicted molar refractivity (Wildman–Crippen MR) is 64.1 cm³/mol. The number of methoxy groups -OCH3 is 1. The fourth-order valence-electron chi connectivity index (χ4n) is 2.48. The molecule has 1 saturated carbocycles. The molecule has 1 aliphatic rings. The van der Waals surface area contributed by atoms with Crippen molar-refractivity contribution in [3.63, 3.8) is 0 Å². The van der Waals surface area contributed by atoms with Gasteiger partial charge in [0.2, 0.25) is 0 Å². The Morgan fingerprint density at radius 2 is 2.06 bits per heavy atom. The van der Waals surface area contributed by atoms with Crippen LogP contribution in [-0.4, -0.2) is 31.2 Å². The van der Waals surface area contributed by atoms with Crippen LogP contribution >= 0.6 is 0 Å². The average molecular weight is 228 g/mol. The molecule has 0 spiro atoms. The van der Waals surface area contributed by atoms with Gasteiger partial charge >= 0.3 is 0 Å². The van der Waals surface area contributed by atoms with Gasteiger partial charge in [0, 0.05) is 7.11 Å². The number of ether oxygens (including phenoxy) is 2. The summed E-state index contributed by atoms with van der Waals surface area (Å²) in [5.41, 5.74) is 0. The van der Waals surface area contributed by atoms with E-state index in [9.17, 15) is 5.11 Å². The van der Waals surface area contributed by atoms with E-state index in [1.807, 2.05) is 0 Å². The number of rotatable bonds is 7. The zero-order valence-electron chi connectivity index (χ0n) is 10.2. The fourth-order valence-corrected chi connectivity index (χ4v) is 2.48. The number of hydrogen-bond donors (Lipinski definition) is 1. The lowest BCUT2D eigenvalue weighted by Crippen LogP contribution is -2.37. The van der Waals surface area contributed by atoms with Gasteiger partial charge in [-0.2, -0.15) is 0 Å². The van der Waals surface area contributed by atoms with E-state index in [2.05, 4.69) is 6.58 Å². The van der Waals surface area contributed by atoms with Crippen LogP contribution in [0.1, 0.15) is 38.5 Å². The summed E-state index contributed by atoms with van der Waals surface area (Å²) in [6.07, 6.45) is 7.91. The highest BCUT2D eigenvalue weighted by Gasteiger charge is 2.29. The Kier molecular flexibility index (Phi) is 6.69. The maximum atomic E-state index is 10.0. The van der Waals surface area contributed by atoms with E-state index in [1.54, 1.807) is 13.2 Å². The highest BCUT2D eigenvalue weighted by molar-refractivity contribution is 4.84. The van der Waals surface area contributed by atoms with Crippen molar-refractivity contribution in [2.75, 3.05) is 13.9 Å². The molecule has 0 bridgehead atoms. The van der Waals surface area contributed by atoms with Crippen molar-refractivity contribution in [3.05, 3.63) is 12.7 Å². The monoisotopic (exact) mass is 228 g/mol. The SMILES string of the molecule is C=CCC(O)[C@@H](OCOC)C1CCCCC1. The minimum atomic E-state index is -0.448. The predicted octanol–water partition coefficient (Wildman–Crippen LogP) is 2.49. The van der Waals surface area contributed by atoms with E-state index in [4.69, 9.17) is 9.47 Å². The van der Waals surface area contributed by atoms with Gasteiger partial charge < -0.3 is 14.6 Å². The second-order valence-electron chi connectivity index (χ2n) is 4.53. The summed E-state index contributed by atoms with van der Waals surface area (Å²) < 4.78 is 10.6. The lowest BCUT2D eigenvalue weighted by Gasteiger charge is -2.32. The van der Waals surface area contributed by atoms with Gasteiger partial charge in [0.05, 0.1) is 12.2 Å². The van der Waals surface area contributed by atoms with Gasteiger partial charge in [-0.1, -0.05) is 25.3 Å². The van der Waals surface area contributed by atoms with Gasteiger partial charge in [-0.25, -0.2) is 0 Å². The molecule has 1 rings (SSSR count). The minimum absolute atomic E-state index is 0.0988. The first kappa shape index (κ1) is 13.7. The highest BCUT2D eigenvalue weighted by atomic mass is 16.7. The Balaban J connectivity index is 2.49. The van der Waals surface area contributed by atoms with E-state index in [0.717, 1.165) is 12.8 Å². The van der Waals surface area contributed by atoms with Gasteiger partial charge in [0.15, 0.2) is 0 Å². The summed E-state index contributed by atoms with van der Waals surface area (Å²) in [5, 5.41) is 10.0. The smallest absolute Gasteiger partial charge is 0.146 e. The molecule has 3 heteroatoms. The summed E-state index contributed by atoms with van der Waals surface area (Å²) in [5.74, 6) is 0.471. The van der Waals surface area contributed by atoms with Crippen LogP contribution in [-0.2, 0) is 9.47 Å². The van der Waals surface area contributed by atoms with Crippen molar-refractivity contribution in [1.82, 2.24) is 0 Å². The summed E-state index contributed by atoms with van der Waals surface area (Å²) >= 11 is 0. The second kappa shape index (κ2) is 7.82. The van der Waals surface area contributed by atoms with E-state index in [-0.39, 0.29) is 12.9 Å². The Morgan fingerprint density at radius 3 is 2.62 bits per heavy atom. The van der Waals surface area contributed by atoms with E-state index < -0.39 is 6.10 Å². The van der Waals surface area contributed by atoms with Crippen LogP contribution in [0.5, 0.6) is 0 Å². The molecular formula is C13H24O3. The van der Waals surface area contributed by atoms with E-state index in [1.165, 1.54) is 19.3 Å². The minimum Gasteiger partial charge on any atom is -0.390 e. The van der Waals surface area contributed by atoms with Crippen molar-refractivity contribution in [2.45, 2.75) is 50.7 Å². The Labute approximate surface area is 98.4 Å². The highest BCUT2D eigenvalue weighted by Crippen LogP contribution is 2.30. The zero-order valence-corrected chi connectivity index (χ0v) is 10.2. The van der Waals surface area contributed by atoms with Gasteiger partial charge in [0.1, 0.15) is 6.79 Å². The lowest BCUT2D eigenvalue weighted by atomic mass is 9.82. The van der Waals surface area contributed by atoms with Crippen LogP contribution in [0.2, 0.25) is 0 Å². The number of aliphatic hydroxyl groups excluding tert-OH is 1. The van der Waals surface area contributed by atoms with Gasteiger partial charge in [-0.05, 0) is 25.2 Å². The quantitative estimate of drug-likeness (QED) is 0.537. The number of aliphatic hydroxyl groups is 1. The van der Waals surface area contributed by atoms with Crippen molar-refractivity contribution in [1.29, 1.82) is 0 Å². The summed E-state index contributed by atoms with van der Waals surface area (Å²) in [4.78, 5) is 0. The molecule has 0 heterocycles. The number of hydrogen-bond acceptors (Lipinski definition) is 3. The maximum Gasteiger partial charge on any atom is 0.146 e. The molecule has 3 nitrogen and oxygen atoms in total. The molecule has 0 aromatic carbocycles. The van der Waals surface area contributed by atoms with Crippen LogP contribution in [0.15, 0.2) is 12.7 Å². The topological polar surface area (TPSA) is 38.7 Å². The molecule has 1 unspecified atom stereocenters. The van der Waals surface area contributed by atoms with Crippen LogP contribution in [0.25, 0.3) is 0 Å². The first-order valence-corrected chi connectivity index (χ1v) is 6.19. The van der Waals surface area contributed by atoms with Crippen LogP contribution in [0.4, 0.5) is 0 Å². The molecule has 0 amide bonds. The molecule has 16 heavy (non-hydrogen) atoms. The molecule has 0 aromatic rings. The maximum absolute atomic E-state index is 10.0. The molecule has 0 radical (unpaired) electrons. The van der Waals surface area contributed by atoms with Crippen LogP contribution < -0.4 is 0 Å². The van der Waals surface area contributed by atoms with E-state index >= 15 is 0 Å². The molecule has 1 aliphatic carbocycles. The Morgan fingerprint density at radius 1 is 1.38 bits per heavy atom. The molecule has 1 N–H and O–H groups in total. The lowest BCUT2D eigenvalue weighted by molar-refractivity contribution is -0.136. The third-order valence-corrected chi connectivity index (χ3v) is 3.28. The normalized spacial score (nSPS) is 21.6. The van der Waals surface area contributed by atoms with E-state index in [0.29, 0.717) is 12.3 Å². The Hall–Kier alpha value is -0.380. The summed E-state index contributed by atoms with van der Waals surface area (Å²) in [7, 11) is 1.61. The summed E-state index contributed by atoms with van der Waals surface area (Å²) in [6, 6.07) is 0. The molecule has 0 aliphatic heterocycles. The second-order valence-corrected chi connectivity index (χ2v) is 4.53. The molecule has 0 aromatic heterocycles. The molecule has 1 fully saturated rings. The largest absolute Gasteiger partial charge is 0.390 e. The molecular weight excluding hydrogens is 204 g/mol. The van der Waals surface area contributed by atoms with Gasteiger partial charge in [-0.15, -0.1) is 6.58 Å². The molecule has 0 saturated heterocycles. The van der Waals surface area contributed by atoms with Crippen molar-refractivity contribution in [2.24, 2.45) is 5.92 Å². The fraction of sp³-hybridized carbons (Fsp3) is 0.846. The molecule has 2 atom stereocenters. The van der Waals surface area contributed by atoms with Crippen molar-refractivity contribution >= 4 is 0 Å². The third-order valence-electron chi connectivity index (χ3n) is 3.28. The zero-order chi connectivity index (χ0) is 11.8. The van der Waals surface area contributed by atoms with Crippen molar-refractivity contribution in [3.8, 4) is 0 Å². The third kappa shape index (κ3) is 4.24. The van der Waals surface area contributed by atoms with Crippen LogP contribution in [0, 0.1) is 5.92 Å². The first-order chi connectivity index (χ1) is 7.79. The van der Waals surface area contributed by atoms with Gasteiger partial charge in [-0.3, -0.25) is 0 Å². The van der Waals surface area contributed by atoms with Crippen LogP contribution in [0.3, 0.4) is 0 Å². The average Bonchev–Trinajstić information content (AvgIpc) is 2.31. The van der Waals surface area contributed by atoms with Crippen molar-refractivity contribution < 1.29 is 14.6 Å². The summed E-state index contributed by atoms with van der Waals surface area (Å²) in [6.45, 7) is 3.92. The Bertz CT molecular complexity index is 188. The first-order valence-electron chi connectivity index (χ1n) is 6.19. The standard InChI is InChI=1S/C13H24O3/c1-3-7-12(14)13(16-10-15-2)11-8-5-4-6-9-11/h3,11-14H,1,4-10H2,2H3/t12?,13-/m0/s1. The van der Waals surface area contributed by atoms with Gasteiger partial charge in [0.25, 0.3) is 0 Å². The molecule has 94 valence electrons.